The number of halogens is 1. The van der Waals surface area contributed by atoms with Gasteiger partial charge in [0.1, 0.15) is 11.4 Å². The van der Waals surface area contributed by atoms with Gasteiger partial charge in [-0.1, -0.05) is 18.2 Å². The van der Waals surface area contributed by atoms with Gasteiger partial charge in [0.2, 0.25) is 7.01 Å². The van der Waals surface area contributed by atoms with Gasteiger partial charge in [0, 0.05) is 12.7 Å². The van der Waals surface area contributed by atoms with Crippen molar-refractivity contribution in [2.45, 2.75) is 37.8 Å². The quantitative estimate of drug-likeness (QED) is 0.428. The third-order valence-corrected chi connectivity index (χ3v) is 5.98. The van der Waals surface area contributed by atoms with E-state index in [1.807, 2.05) is 0 Å². The smallest absolute Gasteiger partial charge is 0.417 e. The van der Waals surface area contributed by atoms with Crippen LogP contribution in [0.1, 0.15) is 26.3 Å². The van der Waals surface area contributed by atoms with E-state index in [9.17, 15) is 18.0 Å². The monoisotopic (exact) mass is 546 g/mol. The van der Waals surface area contributed by atoms with E-state index in [-0.39, 0.29) is 11.4 Å². The molecule has 2 aromatic rings. The summed E-state index contributed by atoms with van der Waals surface area (Å²) >= 11 is 1.33. The maximum atomic E-state index is 12.3. The Morgan fingerprint density at radius 2 is 1.73 bits per heavy atom. The Kier molecular flexibility index (Phi) is 7.70. The molecule has 0 fully saturated rings. The van der Waals surface area contributed by atoms with Crippen LogP contribution < -0.4 is 10.1 Å². The molecule has 2 amide bonds. The van der Waals surface area contributed by atoms with Crippen LogP contribution in [0.2, 0.25) is 0 Å². The summed E-state index contributed by atoms with van der Waals surface area (Å²) < 4.78 is 34.8. The van der Waals surface area contributed by atoms with E-state index in [0.29, 0.717) is 17.0 Å². The molecule has 0 aromatic heterocycles. The predicted molar refractivity (Wildman–Crippen MR) is 121 cm³/mol. The van der Waals surface area contributed by atoms with Gasteiger partial charge in [-0.05, 0) is 56.7 Å². The largest absolute Gasteiger partial charge is 0.444 e. The first-order chi connectivity index (χ1) is 13.8. The molecule has 0 unspecified atom stereocenters. The van der Waals surface area contributed by atoms with Gasteiger partial charge in [0.15, 0.2) is 0 Å². The Morgan fingerprint density at radius 3 is 2.30 bits per heavy atom. The molecule has 1 N–H and O–H groups in total. The highest BCUT2D eigenvalue weighted by Crippen LogP contribution is 2.27. The van der Waals surface area contributed by atoms with Crippen molar-refractivity contribution in [3.63, 3.8) is 0 Å². The van der Waals surface area contributed by atoms with Crippen LogP contribution in [-0.4, -0.2) is 38.2 Å². The van der Waals surface area contributed by atoms with E-state index < -0.39 is 24.8 Å². The van der Waals surface area contributed by atoms with Crippen LogP contribution in [0.3, 0.4) is 0 Å². The number of nitrogens with zero attached hydrogens (tertiary/aromatic N) is 1. The van der Waals surface area contributed by atoms with Crippen LogP contribution in [0.5, 0.6) is 5.75 Å². The first-order valence-electron chi connectivity index (χ1n) is 8.91. The molecule has 0 aliphatic heterocycles. The summed E-state index contributed by atoms with van der Waals surface area (Å²) in [6.45, 7) is 5.18. The van der Waals surface area contributed by atoms with Gasteiger partial charge in [0.25, 0.3) is 0 Å². The number of carbonyl (C=O) groups is 2. The fraction of sp³-hybridized carbons (Fsp3) is 0.300. The number of para-hydroxylation sites is 1. The molecule has 0 saturated heterocycles. The van der Waals surface area contributed by atoms with Crippen molar-refractivity contribution in [1.82, 2.24) is 4.90 Å². The lowest BCUT2D eigenvalue weighted by atomic mass is 10.2. The van der Waals surface area contributed by atoms with E-state index in [4.69, 9.17) is 9.47 Å². The SMILES string of the molecule is CN(Cc1cc(NC(=O)Oc2ccccc2)ccc1S(=O)(=O)I)C(=O)OC(C)(C)C. The number of benzene rings is 2. The van der Waals surface area contributed by atoms with Crippen LogP contribution in [0.4, 0.5) is 15.3 Å². The summed E-state index contributed by atoms with van der Waals surface area (Å²) in [6, 6.07) is 12.8. The van der Waals surface area contributed by atoms with E-state index in [0.717, 1.165) is 0 Å². The number of anilines is 1. The first kappa shape index (κ1) is 23.9. The van der Waals surface area contributed by atoms with E-state index in [1.165, 1.54) is 51.4 Å². The first-order valence-corrected chi connectivity index (χ1v) is 12.9. The molecule has 0 saturated carbocycles. The second kappa shape index (κ2) is 9.65. The minimum absolute atomic E-state index is 0.0320. The number of carbonyl (C=O) groups excluding carboxylic acids is 2. The maximum absolute atomic E-state index is 12.3. The van der Waals surface area contributed by atoms with Crippen molar-refractivity contribution in [1.29, 1.82) is 0 Å². The zero-order valence-corrected chi connectivity index (χ0v) is 20.0. The van der Waals surface area contributed by atoms with Crippen molar-refractivity contribution >= 4 is 46.1 Å². The number of hydrogen-bond donors (Lipinski definition) is 1. The van der Waals surface area contributed by atoms with Crippen LogP contribution >= 0.6 is 21.2 Å². The third kappa shape index (κ3) is 7.48. The minimum atomic E-state index is -3.59. The topological polar surface area (TPSA) is 102 Å². The summed E-state index contributed by atoms with van der Waals surface area (Å²) in [5.74, 6) is 0.367. The molecule has 0 aliphatic rings. The Morgan fingerprint density at radius 1 is 1.10 bits per heavy atom. The van der Waals surface area contributed by atoms with Gasteiger partial charge in [-0.25, -0.2) is 18.0 Å². The molecule has 8 nitrogen and oxygen atoms in total. The van der Waals surface area contributed by atoms with Crippen LogP contribution in [-0.2, 0) is 18.3 Å². The van der Waals surface area contributed by atoms with E-state index in [1.54, 1.807) is 51.1 Å². The summed E-state index contributed by atoms with van der Waals surface area (Å²) in [7, 11) is -2.09. The molecule has 10 heteroatoms. The lowest BCUT2D eigenvalue weighted by Crippen LogP contribution is -2.34. The predicted octanol–water partition coefficient (Wildman–Crippen LogP) is 4.79. The van der Waals surface area contributed by atoms with E-state index in [2.05, 4.69) is 5.32 Å². The summed E-state index contributed by atoms with van der Waals surface area (Å²) in [5.41, 5.74) is -0.0312. The average molecular weight is 546 g/mol. The van der Waals surface area contributed by atoms with Gasteiger partial charge in [-0.2, -0.15) is 0 Å². The van der Waals surface area contributed by atoms with Crippen molar-refractivity contribution in [2.24, 2.45) is 0 Å². The molecular weight excluding hydrogens is 523 g/mol. The molecule has 162 valence electrons. The molecule has 0 radical (unpaired) electrons. The van der Waals surface area contributed by atoms with Crippen LogP contribution in [0.15, 0.2) is 53.4 Å². The lowest BCUT2D eigenvalue weighted by molar-refractivity contribution is 0.0283. The van der Waals surface area contributed by atoms with Crippen LogP contribution in [0, 0.1) is 0 Å². The van der Waals surface area contributed by atoms with E-state index >= 15 is 0 Å². The molecule has 0 aliphatic carbocycles. The maximum Gasteiger partial charge on any atom is 0.417 e. The zero-order valence-electron chi connectivity index (χ0n) is 17.0. The zero-order chi connectivity index (χ0) is 22.5. The van der Waals surface area contributed by atoms with Gasteiger partial charge in [-0.3, -0.25) is 5.32 Å². The van der Waals surface area contributed by atoms with Gasteiger partial charge in [-0.15, -0.1) is 0 Å². The summed E-state index contributed by atoms with van der Waals surface area (Å²) in [4.78, 5) is 25.7. The normalized spacial score (nSPS) is 11.5. The Bertz CT molecular complexity index is 1020. The molecule has 0 bridgehead atoms. The highest BCUT2D eigenvalue weighted by atomic mass is 127. The second-order valence-corrected chi connectivity index (χ2v) is 12.2. The Labute approximate surface area is 188 Å². The molecule has 30 heavy (non-hydrogen) atoms. The van der Waals surface area contributed by atoms with Crippen LogP contribution in [0.25, 0.3) is 0 Å². The van der Waals surface area contributed by atoms with Gasteiger partial charge in [0.05, 0.1) is 32.6 Å². The standard InChI is InChI=1S/C20H23IN2O6S/c1-20(2,3)29-19(25)23(4)13-14-12-15(10-11-17(14)30(21,26)27)22-18(24)28-16-8-6-5-7-9-16/h5-12H,13H2,1-4H3,(H,22,24). The van der Waals surface area contributed by atoms with Crippen molar-refractivity contribution in [2.75, 3.05) is 12.4 Å². The fourth-order valence-corrected chi connectivity index (χ4v) is 4.37. The third-order valence-electron chi connectivity index (χ3n) is 3.64. The molecule has 0 spiro atoms. The van der Waals surface area contributed by atoms with Crippen molar-refractivity contribution in [3.8, 4) is 5.75 Å². The Hall–Kier alpha value is -2.34. The van der Waals surface area contributed by atoms with Crippen molar-refractivity contribution < 1.29 is 27.5 Å². The molecule has 2 aromatic carbocycles. The summed E-state index contributed by atoms with van der Waals surface area (Å²) in [5, 5.41) is 2.56. The Balaban J connectivity index is 2.22. The van der Waals surface area contributed by atoms with Gasteiger partial charge < -0.3 is 14.4 Å². The van der Waals surface area contributed by atoms with Gasteiger partial charge >= 0.3 is 12.2 Å². The number of amides is 2. The molecular formula is C20H23IN2O6S. The molecule has 0 atom stereocenters. The number of nitrogens with one attached hydrogen (secondary N) is 1. The number of ether oxygens (including phenoxy) is 2. The number of hydrogen-bond acceptors (Lipinski definition) is 6. The molecule has 0 heterocycles. The fourth-order valence-electron chi connectivity index (χ4n) is 2.42. The second-order valence-electron chi connectivity index (χ2n) is 7.42. The highest BCUT2D eigenvalue weighted by Gasteiger charge is 2.23. The molecule has 2 rings (SSSR count). The summed E-state index contributed by atoms with van der Waals surface area (Å²) in [6.07, 6.45) is -1.32. The average Bonchev–Trinajstić information content (AvgIpc) is 2.60. The highest BCUT2D eigenvalue weighted by molar-refractivity contribution is 14.2. The van der Waals surface area contributed by atoms with Crippen molar-refractivity contribution in [3.05, 3.63) is 54.1 Å². The lowest BCUT2D eigenvalue weighted by Gasteiger charge is -2.25. The number of rotatable bonds is 5. The minimum Gasteiger partial charge on any atom is -0.444 e.